The number of pyridine rings is 1. The maximum absolute atomic E-state index is 5.70. The van der Waals surface area contributed by atoms with E-state index in [1.54, 1.807) is 6.20 Å². The molecule has 0 saturated carbocycles. The summed E-state index contributed by atoms with van der Waals surface area (Å²) in [6.07, 6.45) is 4.51. The molecule has 0 amide bonds. The molecule has 2 N–H and O–H groups in total. The summed E-state index contributed by atoms with van der Waals surface area (Å²) in [7, 11) is 0. The maximum Gasteiger partial charge on any atom is 0.164 e. The molecule has 5 heteroatoms. The van der Waals surface area contributed by atoms with Gasteiger partial charge in [0.2, 0.25) is 0 Å². The van der Waals surface area contributed by atoms with Crippen LogP contribution in [-0.4, -0.2) is 26.3 Å². The third kappa shape index (κ3) is 2.16. The Balaban J connectivity index is 2.12. The van der Waals surface area contributed by atoms with Gasteiger partial charge in [0.15, 0.2) is 5.82 Å². The van der Waals surface area contributed by atoms with E-state index in [9.17, 15) is 0 Å². The Morgan fingerprint density at radius 2 is 2.05 bits per heavy atom. The first-order chi connectivity index (χ1) is 9.83. The van der Waals surface area contributed by atoms with E-state index in [0.29, 0.717) is 6.54 Å². The average molecular weight is 267 g/mol. The fourth-order valence-electron chi connectivity index (χ4n) is 2.40. The van der Waals surface area contributed by atoms with E-state index >= 15 is 0 Å². The Hall–Kier alpha value is -2.27. The highest BCUT2D eigenvalue weighted by atomic mass is 15.3. The number of nitrogens with two attached hydrogens (primary N) is 1. The molecule has 102 valence electrons. The smallest absolute Gasteiger partial charge is 0.164 e. The van der Waals surface area contributed by atoms with Crippen molar-refractivity contribution < 1.29 is 0 Å². The highest BCUT2D eigenvalue weighted by Crippen LogP contribution is 2.23. The van der Waals surface area contributed by atoms with E-state index in [2.05, 4.69) is 44.9 Å². The van der Waals surface area contributed by atoms with Crippen LogP contribution in [0.25, 0.3) is 22.2 Å². The molecule has 0 fully saturated rings. The van der Waals surface area contributed by atoms with Crippen LogP contribution in [0.15, 0.2) is 36.7 Å². The van der Waals surface area contributed by atoms with Gasteiger partial charge < -0.3 is 10.3 Å². The fourth-order valence-corrected chi connectivity index (χ4v) is 2.40. The number of nitrogens with zero attached hydrogens (tertiary/aromatic N) is 4. The van der Waals surface area contributed by atoms with Gasteiger partial charge in [0.25, 0.3) is 0 Å². The monoisotopic (exact) mass is 267 g/mol. The molecule has 2 heterocycles. The summed E-state index contributed by atoms with van der Waals surface area (Å²) in [5.74, 6) is 1.85. The third-order valence-electron chi connectivity index (χ3n) is 3.40. The van der Waals surface area contributed by atoms with Gasteiger partial charge >= 0.3 is 0 Å². The Labute approximate surface area is 117 Å². The van der Waals surface area contributed by atoms with Crippen LogP contribution in [-0.2, 0) is 13.0 Å². The standard InChI is InChI=1S/C15H17N5/c1-2-14-18-19-15(20(14)8-6-16)12-3-4-13-10-17-7-5-11(13)9-12/h3-5,7,9-10H,2,6,8,16H2,1H3. The second-order valence-electron chi connectivity index (χ2n) is 4.67. The van der Waals surface area contributed by atoms with Crippen molar-refractivity contribution in [2.75, 3.05) is 6.54 Å². The van der Waals surface area contributed by atoms with E-state index in [-0.39, 0.29) is 0 Å². The Bertz CT molecular complexity index is 732. The lowest BCUT2D eigenvalue weighted by atomic mass is 10.1. The summed E-state index contributed by atoms with van der Waals surface area (Å²) >= 11 is 0. The molecule has 0 aliphatic rings. The summed E-state index contributed by atoms with van der Waals surface area (Å²) in [6, 6.07) is 8.24. The SMILES string of the molecule is CCc1nnc(-c2ccc3cnccc3c2)n1CCN. The predicted octanol–water partition coefficient (Wildman–Crippen LogP) is 2.01. The zero-order chi connectivity index (χ0) is 13.9. The maximum atomic E-state index is 5.70. The minimum absolute atomic E-state index is 0.579. The second kappa shape index (κ2) is 5.38. The minimum atomic E-state index is 0.579. The van der Waals surface area contributed by atoms with Gasteiger partial charge in [0.1, 0.15) is 5.82 Å². The van der Waals surface area contributed by atoms with Gasteiger partial charge in [-0.3, -0.25) is 4.98 Å². The fraction of sp³-hybridized carbons (Fsp3) is 0.267. The Morgan fingerprint density at radius 1 is 1.15 bits per heavy atom. The number of benzene rings is 1. The molecule has 3 aromatic rings. The molecular formula is C15H17N5. The van der Waals surface area contributed by atoms with E-state index in [1.807, 2.05) is 12.3 Å². The summed E-state index contributed by atoms with van der Waals surface area (Å²) in [6.45, 7) is 3.39. The summed E-state index contributed by atoms with van der Waals surface area (Å²) < 4.78 is 2.10. The first kappa shape index (κ1) is 12.7. The molecule has 3 rings (SSSR count). The van der Waals surface area contributed by atoms with Gasteiger partial charge in [-0.15, -0.1) is 10.2 Å². The van der Waals surface area contributed by atoms with Crippen LogP contribution in [0.1, 0.15) is 12.7 Å². The highest BCUT2D eigenvalue weighted by molar-refractivity contribution is 5.85. The van der Waals surface area contributed by atoms with Crippen LogP contribution in [0, 0.1) is 0 Å². The van der Waals surface area contributed by atoms with Gasteiger partial charge in [0, 0.05) is 42.9 Å². The van der Waals surface area contributed by atoms with E-state index in [1.165, 1.54) is 0 Å². The minimum Gasteiger partial charge on any atom is -0.329 e. The lowest BCUT2D eigenvalue weighted by Crippen LogP contribution is -2.13. The van der Waals surface area contributed by atoms with Crippen molar-refractivity contribution in [1.82, 2.24) is 19.7 Å². The number of rotatable bonds is 4. The number of aromatic nitrogens is 4. The normalized spacial score (nSPS) is 11.1. The summed E-state index contributed by atoms with van der Waals surface area (Å²) in [4.78, 5) is 4.13. The molecule has 0 aliphatic heterocycles. The van der Waals surface area contributed by atoms with Gasteiger partial charge in [0.05, 0.1) is 0 Å². The van der Waals surface area contributed by atoms with Crippen molar-refractivity contribution in [1.29, 1.82) is 0 Å². The van der Waals surface area contributed by atoms with E-state index in [0.717, 1.165) is 41.0 Å². The van der Waals surface area contributed by atoms with Crippen molar-refractivity contribution in [2.45, 2.75) is 19.9 Å². The number of hydrogen-bond acceptors (Lipinski definition) is 4. The first-order valence-corrected chi connectivity index (χ1v) is 6.79. The van der Waals surface area contributed by atoms with Crippen LogP contribution in [0.4, 0.5) is 0 Å². The molecule has 0 radical (unpaired) electrons. The van der Waals surface area contributed by atoms with Gasteiger partial charge in [-0.2, -0.15) is 0 Å². The predicted molar refractivity (Wildman–Crippen MR) is 79.2 cm³/mol. The second-order valence-corrected chi connectivity index (χ2v) is 4.67. The number of aryl methyl sites for hydroxylation is 1. The average Bonchev–Trinajstić information content (AvgIpc) is 2.90. The zero-order valence-electron chi connectivity index (χ0n) is 11.5. The molecule has 5 nitrogen and oxygen atoms in total. The van der Waals surface area contributed by atoms with Crippen LogP contribution >= 0.6 is 0 Å². The summed E-state index contributed by atoms with van der Waals surface area (Å²) in [5, 5.41) is 10.9. The van der Waals surface area contributed by atoms with Crippen molar-refractivity contribution in [2.24, 2.45) is 5.73 Å². The van der Waals surface area contributed by atoms with Crippen LogP contribution in [0.2, 0.25) is 0 Å². The zero-order valence-corrected chi connectivity index (χ0v) is 11.5. The number of hydrogen-bond donors (Lipinski definition) is 1. The van der Waals surface area contributed by atoms with Crippen LogP contribution < -0.4 is 5.73 Å². The molecule has 2 aromatic heterocycles. The molecule has 1 aromatic carbocycles. The van der Waals surface area contributed by atoms with Gasteiger partial charge in [-0.05, 0) is 17.5 Å². The Kier molecular flexibility index (Phi) is 3.43. The largest absolute Gasteiger partial charge is 0.329 e. The summed E-state index contributed by atoms with van der Waals surface area (Å²) in [5.41, 5.74) is 6.76. The van der Waals surface area contributed by atoms with Crippen molar-refractivity contribution in [3.05, 3.63) is 42.5 Å². The van der Waals surface area contributed by atoms with Crippen molar-refractivity contribution in [3.8, 4) is 11.4 Å². The molecule has 0 atom stereocenters. The van der Waals surface area contributed by atoms with Crippen molar-refractivity contribution in [3.63, 3.8) is 0 Å². The molecule has 0 spiro atoms. The third-order valence-corrected chi connectivity index (χ3v) is 3.40. The quantitative estimate of drug-likeness (QED) is 0.785. The molecule has 0 unspecified atom stereocenters. The van der Waals surface area contributed by atoms with E-state index in [4.69, 9.17) is 5.73 Å². The number of fused-ring (bicyclic) bond motifs is 1. The molecule has 20 heavy (non-hydrogen) atoms. The van der Waals surface area contributed by atoms with Gasteiger partial charge in [-0.1, -0.05) is 19.1 Å². The van der Waals surface area contributed by atoms with Crippen molar-refractivity contribution >= 4 is 10.8 Å². The first-order valence-electron chi connectivity index (χ1n) is 6.79. The lowest BCUT2D eigenvalue weighted by Gasteiger charge is -2.08. The molecule has 0 aliphatic carbocycles. The molecular weight excluding hydrogens is 250 g/mol. The highest BCUT2D eigenvalue weighted by Gasteiger charge is 2.12. The lowest BCUT2D eigenvalue weighted by molar-refractivity contribution is 0.672. The topological polar surface area (TPSA) is 69.6 Å². The Morgan fingerprint density at radius 3 is 2.85 bits per heavy atom. The van der Waals surface area contributed by atoms with E-state index < -0.39 is 0 Å². The molecule has 0 bridgehead atoms. The van der Waals surface area contributed by atoms with Crippen LogP contribution in [0.5, 0.6) is 0 Å². The molecule has 0 saturated heterocycles. The van der Waals surface area contributed by atoms with Gasteiger partial charge in [-0.25, -0.2) is 0 Å². The van der Waals surface area contributed by atoms with Crippen LogP contribution in [0.3, 0.4) is 0 Å².